The summed E-state index contributed by atoms with van der Waals surface area (Å²) in [5.41, 5.74) is 1.98. The average molecular weight is 242 g/mol. The lowest BCUT2D eigenvalue weighted by molar-refractivity contribution is 0.0697. The molecule has 1 fully saturated rings. The van der Waals surface area contributed by atoms with E-state index < -0.39 is 5.97 Å². The number of aromatic nitrogens is 1. The maximum atomic E-state index is 11.4. The van der Waals surface area contributed by atoms with Crippen LogP contribution >= 0.6 is 0 Å². The number of fused-ring (bicyclic) bond motifs is 1. The Hall–Kier alpha value is -2.10. The maximum absolute atomic E-state index is 11.4. The van der Waals surface area contributed by atoms with E-state index in [1.807, 2.05) is 24.3 Å². The minimum Gasteiger partial charge on any atom is -0.478 e. The molecule has 1 N–H and O–H groups in total. The second-order valence-corrected chi connectivity index (χ2v) is 4.54. The molecule has 1 aromatic heterocycles. The SMILES string of the molecule is O=C(O)c1cnc2ccccc2c1N1CCCC1. The van der Waals surface area contributed by atoms with E-state index in [0.717, 1.165) is 42.5 Å². The first-order valence-electron chi connectivity index (χ1n) is 6.13. The molecule has 4 heteroatoms. The first-order valence-corrected chi connectivity index (χ1v) is 6.13. The molecule has 0 unspecified atom stereocenters. The van der Waals surface area contributed by atoms with Gasteiger partial charge < -0.3 is 10.0 Å². The third-order valence-electron chi connectivity index (χ3n) is 3.40. The highest BCUT2D eigenvalue weighted by molar-refractivity contribution is 6.04. The molecule has 18 heavy (non-hydrogen) atoms. The van der Waals surface area contributed by atoms with Gasteiger partial charge in [0.2, 0.25) is 0 Å². The van der Waals surface area contributed by atoms with Crippen molar-refractivity contribution in [2.24, 2.45) is 0 Å². The predicted molar refractivity (Wildman–Crippen MR) is 70.1 cm³/mol. The first kappa shape index (κ1) is 11.0. The minimum atomic E-state index is -0.907. The van der Waals surface area contributed by atoms with Gasteiger partial charge in [-0.05, 0) is 18.9 Å². The van der Waals surface area contributed by atoms with Gasteiger partial charge in [-0.1, -0.05) is 18.2 Å². The van der Waals surface area contributed by atoms with Crippen molar-refractivity contribution in [3.8, 4) is 0 Å². The average Bonchev–Trinajstić information content (AvgIpc) is 2.90. The van der Waals surface area contributed by atoms with Crippen LogP contribution in [0.3, 0.4) is 0 Å². The van der Waals surface area contributed by atoms with E-state index >= 15 is 0 Å². The molecule has 1 aliphatic heterocycles. The van der Waals surface area contributed by atoms with Crippen molar-refractivity contribution in [2.75, 3.05) is 18.0 Å². The Morgan fingerprint density at radius 3 is 2.67 bits per heavy atom. The Balaban J connectivity index is 2.28. The van der Waals surface area contributed by atoms with Gasteiger partial charge in [-0.3, -0.25) is 4.98 Å². The lowest BCUT2D eigenvalue weighted by atomic mass is 10.1. The molecule has 0 saturated carbocycles. The molecule has 0 aliphatic carbocycles. The van der Waals surface area contributed by atoms with Crippen LogP contribution in [0.1, 0.15) is 23.2 Å². The number of nitrogens with zero attached hydrogens (tertiary/aromatic N) is 2. The summed E-state index contributed by atoms with van der Waals surface area (Å²) >= 11 is 0. The highest BCUT2D eigenvalue weighted by atomic mass is 16.4. The molecule has 1 aliphatic rings. The fourth-order valence-corrected chi connectivity index (χ4v) is 2.56. The molecule has 0 bridgehead atoms. The summed E-state index contributed by atoms with van der Waals surface area (Å²) in [4.78, 5) is 17.7. The largest absolute Gasteiger partial charge is 0.478 e. The van der Waals surface area contributed by atoms with Crippen molar-refractivity contribution in [3.63, 3.8) is 0 Å². The van der Waals surface area contributed by atoms with Gasteiger partial charge >= 0.3 is 5.97 Å². The third kappa shape index (κ3) is 1.70. The monoisotopic (exact) mass is 242 g/mol. The van der Waals surface area contributed by atoms with Crippen molar-refractivity contribution < 1.29 is 9.90 Å². The van der Waals surface area contributed by atoms with Crippen LogP contribution in [-0.2, 0) is 0 Å². The van der Waals surface area contributed by atoms with E-state index in [1.165, 1.54) is 6.20 Å². The Morgan fingerprint density at radius 1 is 1.22 bits per heavy atom. The van der Waals surface area contributed by atoms with Crippen LogP contribution in [0.15, 0.2) is 30.5 Å². The van der Waals surface area contributed by atoms with Gasteiger partial charge in [0.1, 0.15) is 5.56 Å². The van der Waals surface area contributed by atoms with Gasteiger partial charge in [-0.25, -0.2) is 4.79 Å². The number of benzene rings is 1. The van der Waals surface area contributed by atoms with Gasteiger partial charge in [-0.15, -0.1) is 0 Å². The van der Waals surface area contributed by atoms with Crippen LogP contribution in [0, 0.1) is 0 Å². The Bertz CT molecular complexity index is 604. The summed E-state index contributed by atoms with van der Waals surface area (Å²) in [5, 5.41) is 10.2. The normalized spacial score (nSPS) is 15.2. The number of pyridine rings is 1. The van der Waals surface area contributed by atoms with Crippen LogP contribution in [0.5, 0.6) is 0 Å². The highest BCUT2D eigenvalue weighted by Crippen LogP contribution is 2.31. The van der Waals surface area contributed by atoms with E-state index in [9.17, 15) is 9.90 Å². The Labute approximate surface area is 105 Å². The molecule has 0 radical (unpaired) electrons. The molecular weight excluding hydrogens is 228 g/mol. The Kier molecular flexibility index (Phi) is 2.63. The summed E-state index contributed by atoms with van der Waals surface area (Å²) in [7, 11) is 0. The number of carboxylic acids is 1. The number of hydrogen-bond acceptors (Lipinski definition) is 3. The fraction of sp³-hybridized carbons (Fsp3) is 0.286. The number of rotatable bonds is 2. The molecule has 0 atom stereocenters. The molecule has 92 valence electrons. The molecule has 0 spiro atoms. The van der Waals surface area contributed by atoms with E-state index in [1.54, 1.807) is 0 Å². The van der Waals surface area contributed by atoms with Crippen molar-refractivity contribution in [1.29, 1.82) is 0 Å². The molecular formula is C14H14N2O2. The molecule has 3 rings (SSSR count). The summed E-state index contributed by atoms with van der Waals surface area (Å²) in [6, 6.07) is 7.71. The smallest absolute Gasteiger partial charge is 0.339 e. The molecule has 4 nitrogen and oxygen atoms in total. The number of para-hydroxylation sites is 1. The molecule has 2 heterocycles. The highest BCUT2D eigenvalue weighted by Gasteiger charge is 2.22. The number of anilines is 1. The number of carbonyl (C=O) groups is 1. The van der Waals surface area contributed by atoms with Crippen LogP contribution < -0.4 is 4.90 Å². The maximum Gasteiger partial charge on any atom is 0.339 e. The predicted octanol–water partition coefficient (Wildman–Crippen LogP) is 2.53. The third-order valence-corrected chi connectivity index (χ3v) is 3.40. The number of aromatic carboxylic acids is 1. The van der Waals surface area contributed by atoms with E-state index in [0.29, 0.717) is 5.56 Å². The van der Waals surface area contributed by atoms with Gasteiger partial charge in [-0.2, -0.15) is 0 Å². The lowest BCUT2D eigenvalue weighted by Crippen LogP contribution is -2.21. The molecule has 1 saturated heterocycles. The van der Waals surface area contributed by atoms with E-state index in [4.69, 9.17) is 0 Å². The van der Waals surface area contributed by atoms with Crippen LogP contribution in [-0.4, -0.2) is 29.1 Å². The zero-order valence-electron chi connectivity index (χ0n) is 9.97. The van der Waals surface area contributed by atoms with Crippen molar-refractivity contribution in [1.82, 2.24) is 4.98 Å². The second kappa shape index (κ2) is 4.29. The minimum absolute atomic E-state index is 0.301. The molecule has 0 amide bonds. The van der Waals surface area contributed by atoms with Gasteiger partial charge in [0, 0.05) is 24.7 Å². The first-order chi connectivity index (χ1) is 8.77. The fourth-order valence-electron chi connectivity index (χ4n) is 2.56. The number of hydrogen-bond donors (Lipinski definition) is 1. The van der Waals surface area contributed by atoms with Crippen molar-refractivity contribution in [2.45, 2.75) is 12.8 Å². The van der Waals surface area contributed by atoms with Crippen molar-refractivity contribution >= 4 is 22.6 Å². The van der Waals surface area contributed by atoms with E-state index in [2.05, 4.69) is 9.88 Å². The van der Waals surface area contributed by atoms with Gasteiger partial charge in [0.05, 0.1) is 11.2 Å². The summed E-state index contributed by atoms with van der Waals surface area (Å²) in [5.74, 6) is -0.907. The summed E-state index contributed by atoms with van der Waals surface area (Å²) in [6.45, 7) is 1.85. The second-order valence-electron chi connectivity index (χ2n) is 4.54. The molecule has 1 aromatic carbocycles. The molecule has 2 aromatic rings. The standard InChI is InChI=1S/C14H14N2O2/c17-14(18)11-9-15-12-6-2-1-5-10(12)13(11)16-7-3-4-8-16/h1-2,5-6,9H,3-4,7-8H2,(H,17,18). The lowest BCUT2D eigenvalue weighted by Gasteiger charge is -2.21. The van der Waals surface area contributed by atoms with Gasteiger partial charge in [0.15, 0.2) is 0 Å². The Morgan fingerprint density at radius 2 is 1.94 bits per heavy atom. The topological polar surface area (TPSA) is 53.4 Å². The summed E-state index contributed by atoms with van der Waals surface area (Å²) < 4.78 is 0. The number of carboxylic acid groups (broad SMARTS) is 1. The van der Waals surface area contributed by atoms with Crippen molar-refractivity contribution in [3.05, 3.63) is 36.0 Å². The summed E-state index contributed by atoms with van der Waals surface area (Å²) in [6.07, 6.45) is 3.71. The quantitative estimate of drug-likeness (QED) is 0.879. The zero-order valence-corrected chi connectivity index (χ0v) is 9.97. The van der Waals surface area contributed by atoms with E-state index in [-0.39, 0.29) is 0 Å². The van der Waals surface area contributed by atoms with Crippen LogP contribution in [0.4, 0.5) is 5.69 Å². The van der Waals surface area contributed by atoms with Crippen LogP contribution in [0.2, 0.25) is 0 Å². The van der Waals surface area contributed by atoms with Gasteiger partial charge in [0.25, 0.3) is 0 Å². The zero-order chi connectivity index (χ0) is 12.5. The van der Waals surface area contributed by atoms with Crippen LogP contribution in [0.25, 0.3) is 10.9 Å².